The number of likely N-dealkylation sites (tertiary alicyclic amines) is 1. The molecule has 2 aromatic rings. The number of carbonyl (C=O) groups excluding carboxylic acids is 1. The zero-order chi connectivity index (χ0) is 13.4. The summed E-state index contributed by atoms with van der Waals surface area (Å²) in [6.45, 7) is 1.51. The van der Waals surface area contributed by atoms with Gasteiger partial charge >= 0.3 is 0 Å². The van der Waals surface area contributed by atoms with Crippen LogP contribution < -0.4 is 5.73 Å². The van der Waals surface area contributed by atoms with Crippen LogP contribution in [0.1, 0.15) is 23.2 Å². The normalized spacial score (nSPS) is 17.1. The van der Waals surface area contributed by atoms with E-state index in [9.17, 15) is 4.79 Å². The molecule has 5 heteroatoms. The first-order valence-electron chi connectivity index (χ1n) is 6.62. The summed E-state index contributed by atoms with van der Waals surface area (Å²) in [5.41, 5.74) is 7.58. The first-order valence-corrected chi connectivity index (χ1v) is 6.62. The molecule has 1 aromatic carbocycles. The predicted molar refractivity (Wildman–Crippen MR) is 73.8 cm³/mol. The van der Waals surface area contributed by atoms with Crippen LogP contribution in [0.2, 0.25) is 0 Å². The van der Waals surface area contributed by atoms with Gasteiger partial charge in [-0.2, -0.15) is 5.10 Å². The van der Waals surface area contributed by atoms with Gasteiger partial charge in [0.25, 0.3) is 5.91 Å². The Kier molecular flexibility index (Phi) is 2.98. The quantitative estimate of drug-likeness (QED) is 0.834. The summed E-state index contributed by atoms with van der Waals surface area (Å²) in [5.74, 6) is 0.0926. The second-order valence-electron chi connectivity index (χ2n) is 5.17. The molecule has 1 aliphatic heterocycles. The number of aromatic nitrogens is 2. The number of amides is 1. The third-order valence-electron chi connectivity index (χ3n) is 3.82. The van der Waals surface area contributed by atoms with Crippen LogP contribution in [0.25, 0.3) is 10.9 Å². The van der Waals surface area contributed by atoms with Crippen LogP contribution in [0.5, 0.6) is 0 Å². The van der Waals surface area contributed by atoms with Crippen molar-refractivity contribution in [3.8, 4) is 0 Å². The summed E-state index contributed by atoms with van der Waals surface area (Å²) >= 11 is 0. The maximum absolute atomic E-state index is 12.4. The van der Waals surface area contributed by atoms with Crippen molar-refractivity contribution >= 4 is 16.8 Å². The Labute approximate surface area is 112 Å². The molecule has 1 fully saturated rings. The summed E-state index contributed by atoms with van der Waals surface area (Å²) in [6.07, 6.45) is 3.59. The molecule has 1 saturated heterocycles. The molecule has 3 rings (SSSR count). The minimum absolute atomic E-state index is 0.0926. The highest BCUT2D eigenvalue weighted by molar-refractivity contribution is 5.97. The van der Waals surface area contributed by atoms with Crippen molar-refractivity contribution in [2.75, 3.05) is 13.1 Å². The molecule has 2 heterocycles. The van der Waals surface area contributed by atoms with E-state index in [2.05, 4.69) is 5.10 Å². The number of hydrogen-bond donors (Lipinski definition) is 1. The second kappa shape index (κ2) is 4.66. The predicted octanol–water partition coefficient (Wildman–Crippen LogP) is 1.14. The van der Waals surface area contributed by atoms with E-state index in [1.54, 1.807) is 4.68 Å². The molecular weight excluding hydrogens is 240 g/mol. The van der Waals surface area contributed by atoms with E-state index >= 15 is 0 Å². The highest BCUT2D eigenvalue weighted by Crippen LogP contribution is 2.18. The minimum Gasteiger partial charge on any atom is -0.339 e. The standard InChI is InChI=1S/C14H18N4O/c1-17-13-8-10(2-3-11(13)9-16-17)14(19)18-6-4-12(15)5-7-18/h2-3,8-9,12H,4-7,15H2,1H3. The number of benzene rings is 1. The van der Waals surface area contributed by atoms with Gasteiger partial charge in [0.05, 0.1) is 11.7 Å². The van der Waals surface area contributed by atoms with Crippen LogP contribution in [0.15, 0.2) is 24.4 Å². The largest absolute Gasteiger partial charge is 0.339 e. The molecular formula is C14H18N4O. The van der Waals surface area contributed by atoms with Crippen molar-refractivity contribution in [3.05, 3.63) is 30.0 Å². The zero-order valence-electron chi connectivity index (χ0n) is 11.0. The van der Waals surface area contributed by atoms with Gasteiger partial charge in [0.1, 0.15) is 0 Å². The summed E-state index contributed by atoms with van der Waals surface area (Å²) in [7, 11) is 1.89. The maximum Gasteiger partial charge on any atom is 0.253 e. The first kappa shape index (κ1) is 12.2. The van der Waals surface area contributed by atoms with Gasteiger partial charge in [-0.25, -0.2) is 0 Å². The molecule has 2 N–H and O–H groups in total. The molecule has 0 unspecified atom stereocenters. The van der Waals surface area contributed by atoms with E-state index in [1.165, 1.54) is 0 Å². The SMILES string of the molecule is Cn1ncc2ccc(C(=O)N3CCC(N)CC3)cc21. The van der Waals surface area contributed by atoms with Crippen LogP contribution >= 0.6 is 0 Å². The molecule has 1 aliphatic rings. The Morgan fingerprint density at radius 3 is 2.84 bits per heavy atom. The van der Waals surface area contributed by atoms with E-state index in [1.807, 2.05) is 36.3 Å². The lowest BCUT2D eigenvalue weighted by molar-refractivity contribution is 0.0715. The van der Waals surface area contributed by atoms with E-state index in [0.717, 1.165) is 42.4 Å². The summed E-state index contributed by atoms with van der Waals surface area (Å²) in [4.78, 5) is 14.3. The summed E-state index contributed by atoms with van der Waals surface area (Å²) in [6, 6.07) is 5.98. The number of hydrogen-bond acceptors (Lipinski definition) is 3. The number of carbonyl (C=O) groups is 1. The molecule has 0 aliphatic carbocycles. The van der Waals surface area contributed by atoms with Crippen LogP contribution in [0.3, 0.4) is 0 Å². The molecule has 0 radical (unpaired) electrons. The topological polar surface area (TPSA) is 64.2 Å². The van der Waals surface area contributed by atoms with Crippen molar-refractivity contribution in [2.45, 2.75) is 18.9 Å². The van der Waals surface area contributed by atoms with E-state index in [0.29, 0.717) is 0 Å². The Balaban J connectivity index is 1.87. The number of nitrogens with zero attached hydrogens (tertiary/aromatic N) is 3. The van der Waals surface area contributed by atoms with Crippen LogP contribution in [-0.4, -0.2) is 39.7 Å². The lowest BCUT2D eigenvalue weighted by Gasteiger charge is -2.30. The molecule has 100 valence electrons. The number of rotatable bonds is 1. The molecule has 0 saturated carbocycles. The van der Waals surface area contributed by atoms with Crippen molar-refractivity contribution in [2.24, 2.45) is 12.8 Å². The number of aryl methyl sites for hydroxylation is 1. The number of fused-ring (bicyclic) bond motifs is 1. The van der Waals surface area contributed by atoms with Crippen LogP contribution in [0, 0.1) is 0 Å². The Morgan fingerprint density at radius 2 is 2.11 bits per heavy atom. The highest BCUT2D eigenvalue weighted by atomic mass is 16.2. The average Bonchev–Trinajstić information content (AvgIpc) is 2.80. The van der Waals surface area contributed by atoms with E-state index in [-0.39, 0.29) is 11.9 Å². The lowest BCUT2D eigenvalue weighted by Crippen LogP contribution is -2.42. The first-order chi connectivity index (χ1) is 9.15. The molecule has 1 aromatic heterocycles. The Morgan fingerprint density at radius 1 is 1.37 bits per heavy atom. The summed E-state index contributed by atoms with van der Waals surface area (Å²) in [5, 5.41) is 5.25. The third kappa shape index (κ3) is 2.21. The van der Waals surface area contributed by atoms with Gasteiger partial charge in [0.15, 0.2) is 0 Å². The van der Waals surface area contributed by atoms with Crippen LogP contribution in [0.4, 0.5) is 0 Å². The van der Waals surface area contributed by atoms with Gasteiger partial charge in [-0.15, -0.1) is 0 Å². The number of piperidine rings is 1. The minimum atomic E-state index is 0.0926. The fourth-order valence-corrected chi connectivity index (χ4v) is 2.56. The maximum atomic E-state index is 12.4. The molecule has 0 atom stereocenters. The fourth-order valence-electron chi connectivity index (χ4n) is 2.56. The lowest BCUT2D eigenvalue weighted by atomic mass is 10.0. The monoisotopic (exact) mass is 258 g/mol. The molecule has 0 spiro atoms. The summed E-state index contributed by atoms with van der Waals surface area (Å²) < 4.78 is 1.79. The smallest absolute Gasteiger partial charge is 0.253 e. The molecule has 0 bridgehead atoms. The van der Waals surface area contributed by atoms with E-state index < -0.39 is 0 Å². The van der Waals surface area contributed by atoms with Gasteiger partial charge < -0.3 is 10.6 Å². The van der Waals surface area contributed by atoms with Crippen molar-refractivity contribution in [3.63, 3.8) is 0 Å². The van der Waals surface area contributed by atoms with Gasteiger partial charge in [-0.3, -0.25) is 9.48 Å². The van der Waals surface area contributed by atoms with Gasteiger partial charge in [-0.1, -0.05) is 6.07 Å². The second-order valence-corrected chi connectivity index (χ2v) is 5.17. The third-order valence-corrected chi connectivity index (χ3v) is 3.82. The average molecular weight is 258 g/mol. The van der Waals surface area contributed by atoms with Gasteiger partial charge in [0, 0.05) is 37.1 Å². The Hall–Kier alpha value is -1.88. The molecule has 1 amide bonds. The van der Waals surface area contributed by atoms with E-state index in [4.69, 9.17) is 5.73 Å². The van der Waals surface area contributed by atoms with Gasteiger partial charge in [0.2, 0.25) is 0 Å². The Bertz CT molecular complexity index is 611. The highest BCUT2D eigenvalue weighted by Gasteiger charge is 2.21. The molecule has 19 heavy (non-hydrogen) atoms. The molecule has 5 nitrogen and oxygen atoms in total. The number of nitrogens with two attached hydrogens (primary N) is 1. The van der Waals surface area contributed by atoms with Crippen molar-refractivity contribution in [1.29, 1.82) is 0 Å². The van der Waals surface area contributed by atoms with Crippen molar-refractivity contribution < 1.29 is 4.79 Å². The van der Waals surface area contributed by atoms with Crippen LogP contribution in [-0.2, 0) is 7.05 Å². The fraction of sp³-hybridized carbons (Fsp3) is 0.429. The van der Waals surface area contributed by atoms with Gasteiger partial charge in [-0.05, 0) is 25.0 Å². The zero-order valence-corrected chi connectivity index (χ0v) is 11.0. The van der Waals surface area contributed by atoms with Crippen molar-refractivity contribution in [1.82, 2.24) is 14.7 Å².